The zero-order valence-electron chi connectivity index (χ0n) is 17.9. The Morgan fingerprint density at radius 1 is 1.13 bits per heavy atom. The van der Waals surface area contributed by atoms with Crippen molar-refractivity contribution in [2.24, 2.45) is 4.99 Å². The number of amides is 1. The van der Waals surface area contributed by atoms with Crippen LogP contribution in [-0.4, -0.2) is 35.5 Å². The Balaban J connectivity index is 1.96. The maximum absolute atomic E-state index is 12.8. The van der Waals surface area contributed by atoms with Crippen molar-refractivity contribution in [3.63, 3.8) is 0 Å². The summed E-state index contributed by atoms with van der Waals surface area (Å²) >= 11 is 3.27. The minimum Gasteiger partial charge on any atom is -0.494 e. The second-order valence-electron chi connectivity index (χ2n) is 6.90. The van der Waals surface area contributed by atoms with E-state index in [9.17, 15) is 4.79 Å². The van der Waals surface area contributed by atoms with Crippen LogP contribution in [0.4, 0.5) is 0 Å². The Morgan fingerprint density at radius 3 is 2.57 bits per heavy atom. The molecule has 160 valence electrons. The number of thioether (sulfide) groups is 1. The van der Waals surface area contributed by atoms with Gasteiger partial charge in [0, 0.05) is 28.9 Å². The van der Waals surface area contributed by atoms with E-state index in [1.807, 2.05) is 60.9 Å². The molecule has 0 saturated carbocycles. The first-order valence-corrected chi connectivity index (χ1v) is 11.9. The lowest BCUT2D eigenvalue weighted by atomic mass is 10.2. The fourth-order valence-corrected chi connectivity index (χ4v) is 4.93. The molecule has 0 aliphatic heterocycles. The van der Waals surface area contributed by atoms with Crippen LogP contribution in [0.5, 0.6) is 5.75 Å². The van der Waals surface area contributed by atoms with E-state index < -0.39 is 0 Å². The van der Waals surface area contributed by atoms with Gasteiger partial charge >= 0.3 is 0 Å². The second-order valence-corrected chi connectivity index (χ2v) is 9.56. The maximum Gasteiger partial charge on any atom is 0.279 e. The molecule has 0 fully saturated rings. The summed E-state index contributed by atoms with van der Waals surface area (Å²) < 4.78 is 14.2. The Hall–Kier alpha value is -2.09. The van der Waals surface area contributed by atoms with Gasteiger partial charge in [0.15, 0.2) is 4.80 Å². The standard InChI is InChI=1S/C23H28N2O3S2/c1-5-27-14-13-25-20-12-9-18(28-6-2)15-21(20)30-23(25)24-22(26)17-7-10-19(11-8-17)29-16(3)4/h7-12,15-16H,5-6,13-14H2,1-4H3. The van der Waals surface area contributed by atoms with Crippen molar-refractivity contribution < 1.29 is 14.3 Å². The number of thiazole rings is 1. The highest BCUT2D eigenvalue weighted by Gasteiger charge is 2.11. The molecule has 1 amide bonds. The average molecular weight is 445 g/mol. The highest BCUT2D eigenvalue weighted by molar-refractivity contribution is 7.99. The van der Waals surface area contributed by atoms with E-state index in [0.717, 1.165) is 20.9 Å². The summed E-state index contributed by atoms with van der Waals surface area (Å²) in [6, 6.07) is 13.6. The smallest absolute Gasteiger partial charge is 0.279 e. The molecule has 7 heteroatoms. The highest BCUT2D eigenvalue weighted by Crippen LogP contribution is 2.24. The van der Waals surface area contributed by atoms with Crippen LogP contribution in [-0.2, 0) is 11.3 Å². The molecule has 0 radical (unpaired) electrons. The van der Waals surface area contributed by atoms with Gasteiger partial charge < -0.3 is 14.0 Å². The first-order chi connectivity index (χ1) is 14.5. The monoisotopic (exact) mass is 444 g/mol. The van der Waals surface area contributed by atoms with Crippen molar-refractivity contribution in [2.45, 2.75) is 44.4 Å². The third kappa shape index (κ3) is 5.74. The normalized spacial score (nSPS) is 12.1. The molecule has 0 N–H and O–H groups in total. The van der Waals surface area contributed by atoms with Gasteiger partial charge in [0.1, 0.15) is 5.75 Å². The van der Waals surface area contributed by atoms with Gasteiger partial charge in [-0.2, -0.15) is 4.99 Å². The summed E-state index contributed by atoms with van der Waals surface area (Å²) in [5.74, 6) is 0.581. The van der Waals surface area contributed by atoms with Crippen LogP contribution in [0.2, 0.25) is 0 Å². The van der Waals surface area contributed by atoms with Crippen molar-refractivity contribution in [1.82, 2.24) is 4.57 Å². The minimum absolute atomic E-state index is 0.238. The van der Waals surface area contributed by atoms with Crippen LogP contribution in [0.1, 0.15) is 38.1 Å². The number of rotatable bonds is 9. The summed E-state index contributed by atoms with van der Waals surface area (Å²) in [6.07, 6.45) is 0. The molecule has 0 aliphatic rings. The lowest BCUT2D eigenvalue weighted by Crippen LogP contribution is -2.19. The van der Waals surface area contributed by atoms with E-state index in [4.69, 9.17) is 9.47 Å². The second kappa shape index (κ2) is 10.8. The van der Waals surface area contributed by atoms with E-state index >= 15 is 0 Å². The lowest BCUT2D eigenvalue weighted by molar-refractivity contribution is 0.0996. The quantitative estimate of drug-likeness (QED) is 0.328. The third-order valence-corrected chi connectivity index (χ3v) is 6.36. The fraction of sp³-hybridized carbons (Fsp3) is 0.391. The van der Waals surface area contributed by atoms with E-state index in [1.165, 1.54) is 11.3 Å². The largest absolute Gasteiger partial charge is 0.494 e. The van der Waals surface area contributed by atoms with Gasteiger partial charge in [-0.3, -0.25) is 4.79 Å². The molecule has 0 spiro atoms. The number of aromatic nitrogens is 1. The van der Waals surface area contributed by atoms with Crippen LogP contribution in [0.25, 0.3) is 10.2 Å². The molecular formula is C23H28N2O3S2. The van der Waals surface area contributed by atoms with Gasteiger partial charge in [-0.1, -0.05) is 25.2 Å². The van der Waals surface area contributed by atoms with Crippen LogP contribution < -0.4 is 9.54 Å². The zero-order valence-corrected chi connectivity index (χ0v) is 19.5. The van der Waals surface area contributed by atoms with Gasteiger partial charge in [-0.05, 0) is 56.3 Å². The number of hydrogen-bond donors (Lipinski definition) is 0. The first-order valence-electron chi connectivity index (χ1n) is 10.2. The Kier molecular flexibility index (Phi) is 8.13. The molecule has 3 aromatic rings. The minimum atomic E-state index is -0.238. The predicted octanol–water partition coefficient (Wildman–Crippen LogP) is 5.38. The summed E-state index contributed by atoms with van der Waals surface area (Å²) in [7, 11) is 0. The van der Waals surface area contributed by atoms with Crippen molar-refractivity contribution in [3.05, 3.63) is 52.8 Å². The average Bonchev–Trinajstić information content (AvgIpc) is 3.05. The van der Waals surface area contributed by atoms with Gasteiger partial charge in [-0.25, -0.2) is 0 Å². The molecule has 0 bridgehead atoms. The molecular weight excluding hydrogens is 416 g/mol. The molecule has 5 nitrogen and oxygen atoms in total. The number of hydrogen-bond acceptors (Lipinski definition) is 5. The first kappa shape index (κ1) is 22.6. The van der Waals surface area contributed by atoms with Crippen molar-refractivity contribution in [3.8, 4) is 5.75 Å². The van der Waals surface area contributed by atoms with Crippen molar-refractivity contribution in [1.29, 1.82) is 0 Å². The zero-order chi connectivity index (χ0) is 21.5. The Morgan fingerprint density at radius 2 is 1.90 bits per heavy atom. The van der Waals surface area contributed by atoms with Crippen LogP contribution in [0, 0.1) is 0 Å². The lowest BCUT2D eigenvalue weighted by Gasteiger charge is -2.07. The number of carbonyl (C=O) groups excluding carboxylic acids is 1. The van der Waals surface area contributed by atoms with Crippen LogP contribution in [0.15, 0.2) is 52.4 Å². The number of benzene rings is 2. The third-order valence-electron chi connectivity index (χ3n) is 4.30. The van der Waals surface area contributed by atoms with Crippen LogP contribution >= 0.6 is 23.1 Å². The van der Waals surface area contributed by atoms with Gasteiger partial charge in [-0.15, -0.1) is 11.8 Å². The molecule has 3 rings (SSSR count). The maximum atomic E-state index is 12.8. The molecule has 0 saturated heterocycles. The van der Waals surface area contributed by atoms with E-state index in [1.54, 1.807) is 11.8 Å². The SMILES string of the molecule is CCOCCn1c(=NC(=O)c2ccc(SC(C)C)cc2)sc2cc(OCC)ccc21. The summed E-state index contributed by atoms with van der Waals surface area (Å²) in [6.45, 7) is 10.7. The number of carbonyl (C=O) groups is 1. The Labute approximate surface area is 185 Å². The number of ether oxygens (including phenoxy) is 2. The van der Waals surface area contributed by atoms with E-state index in [0.29, 0.717) is 42.0 Å². The number of fused-ring (bicyclic) bond motifs is 1. The van der Waals surface area contributed by atoms with Gasteiger partial charge in [0.25, 0.3) is 5.91 Å². The summed E-state index contributed by atoms with van der Waals surface area (Å²) in [5.41, 5.74) is 1.62. The van der Waals surface area contributed by atoms with Crippen molar-refractivity contribution >= 4 is 39.2 Å². The number of nitrogens with zero attached hydrogens (tertiary/aromatic N) is 2. The van der Waals surface area contributed by atoms with Crippen LogP contribution in [0.3, 0.4) is 0 Å². The highest BCUT2D eigenvalue weighted by atomic mass is 32.2. The molecule has 1 heterocycles. The molecule has 0 aliphatic carbocycles. The molecule has 1 aromatic heterocycles. The molecule has 0 unspecified atom stereocenters. The van der Waals surface area contributed by atoms with Crippen molar-refractivity contribution in [2.75, 3.05) is 19.8 Å². The fourth-order valence-electron chi connectivity index (χ4n) is 3.01. The summed E-state index contributed by atoms with van der Waals surface area (Å²) in [5, 5.41) is 0.501. The molecule has 2 aromatic carbocycles. The van der Waals surface area contributed by atoms with Gasteiger partial charge in [0.05, 0.1) is 23.4 Å². The Bertz CT molecular complexity index is 1050. The predicted molar refractivity (Wildman–Crippen MR) is 125 cm³/mol. The molecule has 0 atom stereocenters. The van der Waals surface area contributed by atoms with Gasteiger partial charge in [0.2, 0.25) is 0 Å². The van der Waals surface area contributed by atoms with E-state index in [2.05, 4.69) is 18.8 Å². The van der Waals surface area contributed by atoms with E-state index in [-0.39, 0.29) is 5.91 Å². The topological polar surface area (TPSA) is 52.8 Å². The summed E-state index contributed by atoms with van der Waals surface area (Å²) in [4.78, 5) is 19.1. The molecule has 30 heavy (non-hydrogen) atoms.